The van der Waals surface area contributed by atoms with Gasteiger partial charge >= 0.3 is 0 Å². The molecular weight excluding hydrogens is 428 g/mol. The molecule has 2 nitrogen and oxygen atoms in total. The van der Waals surface area contributed by atoms with Gasteiger partial charge in [-0.25, -0.2) is 0 Å². The standard InChI is InChI=1S/C33H46O2/c1-21-12-17-33(34-20-21)22(2)30-29(35-33)19-28-26-11-10-25-18-24(23-8-6-5-7-9-23)13-15-31(25,3)27(26)14-16-32(28,30)4/h5-10,21-22,24,26-30H,11-20H2,1-4H3/t21?,22-,24-,26+,27-,28-,29-,30-,31-,32-,33+/m0/s1. The molecule has 0 N–H and O–H groups in total. The molecule has 5 fully saturated rings. The van der Waals surface area contributed by atoms with Crippen LogP contribution in [0, 0.1) is 46.3 Å². The lowest BCUT2D eigenvalue weighted by atomic mass is 9.46. The van der Waals surface area contributed by atoms with Gasteiger partial charge in [0.05, 0.1) is 12.7 Å². The predicted octanol–water partition coefficient (Wildman–Crippen LogP) is 8.14. The van der Waals surface area contributed by atoms with Crippen LogP contribution in [0.5, 0.6) is 0 Å². The van der Waals surface area contributed by atoms with Gasteiger partial charge in [-0.3, -0.25) is 0 Å². The highest BCUT2D eigenvalue weighted by Gasteiger charge is 2.68. The maximum atomic E-state index is 6.97. The summed E-state index contributed by atoms with van der Waals surface area (Å²) in [6.07, 6.45) is 14.9. The van der Waals surface area contributed by atoms with Gasteiger partial charge in [-0.05, 0) is 103 Å². The first kappa shape index (κ1) is 23.0. The van der Waals surface area contributed by atoms with E-state index in [0.717, 1.165) is 36.7 Å². The predicted molar refractivity (Wildman–Crippen MR) is 141 cm³/mol. The molecule has 6 aliphatic rings. The summed E-state index contributed by atoms with van der Waals surface area (Å²) in [5.41, 5.74) is 4.19. The smallest absolute Gasteiger partial charge is 0.171 e. The van der Waals surface area contributed by atoms with Crippen molar-refractivity contribution in [3.05, 3.63) is 47.5 Å². The molecule has 190 valence electrons. The molecule has 2 heterocycles. The number of fused-ring (bicyclic) bond motifs is 7. The average molecular weight is 475 g/mol. The number of rotatable bonds is 1. The minimum atomic E-state index is -0.284. The van der Waals surface area contributed by atoms with E-state index in [1.165, 1.54) is 51.4 Å². The monoisotopic (exact) mass is 474 g/mol. The molecule has 3 saturated carbocycles. The summed E-state index contributed by atoms with van der Waals surface area (Å²) in [4.78, 5) is 0. The summed E-state index contributed by atoms with van der Waals surface area (Å²) in [5, 5.41) is 0. The zero-order valence-corrected chi connectivity index (χ0v) is 22.5. The van der Waals surface area contributed by atoms with E-state index in [1.54, 1.807) is 11.1 Å². The minimum absolute atomic E-state index is 0.284. The zero-order valence-electron chi connectivity index (χ0n) is 22.5. The first-order chi connectivity index (χ1) is 16.8. The van der Waals surface area contributed by atoms with Crippen LogP contribution in [0.3, 0.4) is 0 Å². The van der Waals surface area contributed by atoms with Gasteiger partial charge < -0.3 is 9.47 Å². The Labute approximate surface area is 213 Å². The van der Waals surface area contributed by atoms with Crippen LogP contribution >= 0.6 is 0 Å². The Balaban J connectivity index is 1.14. The van der Waals surface area contributed by atoms with E-state index in [9.17, 15) is 0 Å². The summed E-state index contributed by atoms with van der Waals surface area (Å²) in [5.74, 6) is 4.85. The van der Waals surface area contributed by atoms with E-state index in [-0.39, 0.29) is 5.79 Å². The van der Waals surface area contributed by atoms with Gasteiger partial charge in [0.15, 0.2) is 5.79 Å². The second kappa shape index (κ2) is 7.94. The average Bonchev–Trinajstić information content (AvgIpc) is 3.31. The van der Waals surface area contributed by atoms with Crippen LogP contribution in [0.15, 0.2) is 42.0 Å². The Morgan fingerprint density at radius 2 is 1.74 bits per heavy atom. The van der Waals surface area contributed by atoms with Crippen LogP contribution in [0.2, 0.25) is 0 Å². The van der Waals surface area contributed by atoms with E-state index in [2.05, 4.69) is 64.1 Å². The molecule has 0 radical (unpaired) electrons. The summed E-state index contributed by atoms with van der Waals surface area (Å²) in [6, 6.07) is 11.3. The Kier molecular flexibility index (Phi) is 5.22. The van der Waals surface area contributed by atoms with Gasteiger partial charge in [0.25, 0.3) is 0 Å². The third-order valence-corrected chi connectivity index (χ3v) is 12.6. The third kappa shape index (κ3) is 3.21. The molecule has 2 saturated heterocycles. The number of ether oxygens (including phenoxy) is 2. The van der Waals surface area contributed by atoms with Crippen molar-refractivity contribution in [1.82, 2.24) is 0 Å². The second-order valence-corrected chi connectivity index (χ2v) is 14.1. The lowest BCUT2D eigenvalue weighted by Gasteiger charge is -2.58. The fourth-order valence-corrected chi connectivity index (χ4v) is 10.7. The zero-order chi connectivity index (χ0) is 24.0. The van der Waals surface area contributed by atoms with Crippen molar-refractivity contribution in [2.24, 2.45) is 46.3 Å². The van der Waals surface area contributed by atoms with Crippen LogP contribution in [-0.2, 0) is 9.47 Å². The normalized spacial score (nSPS) is 52.9. The van der Waals surface area contributed by atoms with Gasteiger partial charge in [-0.15, -0.1) is 0 Å². The molecule has 0 bridgehead atoms. The van der Waals surface area contributed by atoms with Crippen molar-refractivity contribution in [3.63, 3.8) is 0 Å². The molecule has 1 aromatic rings. The molecule has 0 amide bonds. The lowest BCUT2D eigenvalue weighted by Crippen LogP contribution is -2.52. The van der Waals surface area contributed by atoms with E-state index in [0.29, 0.717) is 34.7 Å². The fourth-order valence-electron chi connectivity index (χ4n) is 10.7. The van der Waals surface area contributed by atoms with Gasteiger partial charge in [0, 0.05) is 12.3 Å². The third-order valence-electron chi connectivity index (χ3n) is 12.6. The number of benzene rings is 1. The molecule has 1 spiro atoms. The second-order valence-electron chi connectivity index (χ2n) is 14.1. The van der Waals surface area contributed by atoms with E-state index in [4.69, 9.17) is 9.47 Å². The highest BCUT2D eigenvalue weighted by molar-refractivity contribution is 5.31. The maximum absolute atomic E-state index is 6.97. The summed E-state index contributed by atoms with van der Waals surface area (Å²) in [7, 11) is 0. The van der Waals surface area contributed by atoms with Crippen molar-refractivity contribution < 1.29 is 9.47 Å². The van der Waals surface area contributed by atoms with Crippen molar-refractivity contribution in [2.45, 2.75) is 103 Å². The molecule has 2 heteroatoms. The largest absolute Gasteiger partial charge is 0.349 e. The Morgan fingerprint density at radius 3 is 2.51 bits per heavy atom. The topological polar surface area (TPSA) is 18.5 Å². The van der Waals surface area contributed by atoms with Gasteiger partial charge in [0.2, 0.25) is 0 Å². The molecule has 4 aliphatic carbocycles. The van der Waals surface area contributed by atoms with Crippen molar-refractivity contribution >= 4 is 0 Å². The quantitative estimate of drug-likeness (QED) is 0.382. The van der Waals surface area contributed by atoms with Crippen molar-refractivity contribution in [3.8, 4) is 0 Å². The Hall–Kier alpha value is -1.12. The summed E-state index contributed by atoms with van der Waals surface area (Å²) < 4.78 is 13.5. The first-order valence-corrected chi connectivity index (χ1v) is 14.9. The van der Waals surface area contributed by atoms with Crippen molar-refractivity contribution in [1.29, 1.82) is 0 Å². The number of allylic oxidation sites excluding steroid dienone is 2. The molecule has 0 aromatic heterocycles. The molecule has 11 atom stereocenters. The van der Waals surface area contributed by atoms with Crippen LogP contribution < -0.4 is 0 Å². The SMILES string of the molecule is CC1CC[C@@]2(OC1)O[C@H]1C[C@H]3[C@@H]4CC=C5C[C@@H](c6ccccc6)CC[C@]5(C)[C@H]4CC[C@]3(C)[C@H]1[C@@H]2C. The van der Waals surface area contributed by atoms with Crippen LogP contribution in [0.4, 0.5) is 0 Å². The maximum Gasteiger partial charge on any atom is 0.171 e. The highest BCUT2D eigenvalue weighted by atomic mass is 16.7. The summed E-state index contributed by atoms with van der Waals surface area (Å²) >= 11 is 0. The molecule has 2 aliphatic heterocycles. The highest BCUT2D eigenvalue weighted by Crippen LogP contribution is 2.71. The Bertz CT molecular complexity index is 990. The Morgan fingerprint density at radius 1 is 0.914 bits per heavy atom. The van der Waals surface area contributed by atoms with Crippen LogP contribution in [0.1, 0.15) is 97.0 Å². The first-order valence-electron chi connectivity index (χ1n) is 14.9. The number of hydrogen-bond donors (Lipinski definition) is 0. The molecule has 1 unspecified atom stereocenters. The fraction of sp³-hybridized carbons (Fsp3) is 0.758. The van der Waals surface area contributed by atoms with Crippen LogP contribution in [-0.4, -0.2) is 18.5 Å². The van der Waals surface area contributed by atoms with Gasteiger partial charge in [-0.2, -0.15) is 0 Å². The minimum Gasteiger partial charge on any atom is -0.349 e. The summed E-state index contributed by atoms with van der Waals surface area (Å²) in [6.45, 7) is 11.0. The number of hydrogen-bond acceptors (Lipinski definition) is 2. The molecule has 35 heavy (non-hydrogen) atoms. The molecule has 1 aromatic carbocycles. The van der Waals surface area contributed by atoms with Crippen molar-refractivity contribution in [2.75, 3.05) is 6.61 Å². The lowest BCUT2D eigenvalue weighted by molar-refractivity contribution is -0.272. The van der Waals surface area contributed by atoms with Gasteiger partial charge in [-0.1, -0.05) is 69.7 Å². The molecular formula is C33H46O2. The molecule has 7 rings (SSSR count). The van der Waals surface area contributed by atoms with E-state index < -0.39 is 0 Å². The van der Waals surface area contributed by atoms with Gasteiger partial charge in [0.1, 0.15) is 0 Å². The van der Waals surface area contributed by atoms with Crippen LogP contribution in [0.25, 0.3) is 0 Å². The van der Waals surface area contributed by atoms with E-state index >= 15 is 0 Å². The van der Waals surface area contributed by atoms with E-state index in [1.807, 2.05) is 0 Å².